The summed E-state index contributed by atoms with van der Waals surface area (Å²) in [6, 6.07) is 3.79. The maximum atomic E-state index is 13.0. The number of aromatic nitrogens is 2. The molecule has 0 unspecified atom stereocenters. The normalized spacial score (nSPS) is 17.7. The standard InChI is InChI=1S/C20H25N3O4/c1-12-7-15(8-13(2)19(12)27-3)18(24)14-5-4-6-23(10-14)11-16-9-21-22-17(16)20(25)26/h7-9,14H,4-6,10-11H2,1-3H3,(H,21,22)(H,25,26)/t14-/m0/s1. The van der Waals surface area contributed by atoms with Gasteiger partial charge in [-0.15, -0.1) is 0 Å². The molecule has 7 nitrogen and oxygen atoms in total. The fourth-order valence-electron chi connectivity index (χ4n) is 3.92. The molecular weight excluding hydrogens is 346 g/mol. The van der Waals surface area contributed by atoms with E-state index in [1.165, 1.54) is 0 Å². The first-order valence-electron chi connectivity index (χ1n) is 9.08. The van der Waals surface area contributed by atoms with Gasteiger partial charge < -0.3 is 9.84 Å². The molecule has 0 saturated carbocycles. The van der Waals surface area contributed by atoms with Crippen molar-refractivity contribution in [3.8, 4) is 5.75 Å². The number of ether oxygens (including phenoxy) is 1. The van der Waals surface area contributed by atoms with Gasteiger partial charge in [-0.25, -0.2) is 4.79 Å². The first-order chi connectivity index (χ1) is 12.9. The highest BCUT2D eigenvalue weighted by molar-refractivity contribution is 5.98. The average molecular weight is 371 g/mol. The largest absolute Gasteiger partial charge is 0.496 e. The van der Waals surface area contributed by atoms with Gasteiger partial charge in [0, 0.05) is 30.1 Å². The van der Waals surface area contributed by atoms with Gasteiger partial charge in [0.1, 0.15) is 11.4 Å². The van der Waals surface area contributed by atoms with Crippen LogP contribution in [0, 0.1) is 19.8 Å². The lowest BCUT2D eigenvalue weighted by molar-refractivity contribution is 0.0683. The van der Waals surface area contributed by atoms with Gasteiger partial charge in [0.2, 0.25) is 0 Å². The minimum absolute atomic E-state index is 0.0916. The van der Waals surface area contributed by atoms with E-state index in [9.17, 15) is 14.7 Å². The highest BCUT2D eigenvalue weighted by Crippen LogP contribution is 2.28. The predicted octanol–water partition coefficient (Wildman–Crippen LogP) is 2.83. The third kappa shape index (κ3) is 4.03. The van der Waals surface area contributed by atoms with Gasteiger partial charge >= 0.3 is 5.97 Å². The number of rotatable bonds is 6. The number of likely N-dealkylation sites (tertiary alicyclic amines) is 1. The number of carboxylic acid groups (broad SMARTS) is 1. The molecule has 1 aromatic heterocycles. The van der Waals surface area contributed by atoms with Gasteiger partial charge in [-0.2, -0.15) is 5.10 Å². The number of methoxy groups -OCH3 is 1. The van der Waals surface area contributed by atoms with E-state index in [-0.39, 0.29) is 17.4 Å². The van der Waals surface area contributed by atoms with Crippen molar-refractivity contribution in [1.29, 1.82) is 0 Å². The van der Waals surface area contributed by atoms with Crippen molar-refractivity contribution in [2.24, 2.45) is 5.92 Å². The molecule has 0 aliphatic carbocycles. The molecule has 27 heavy (non-hydrogen) atoms. The molecule has 1 saturated heterocycles. The smallest absolute Gasteiger partial charge is 0.354 e. The number of aromatic carboxylic acids is 1. The Kier molecular flexibility index (Phi) is 5.60. The lowest BCUT2D eigenvalue weighted by atomic mass is 9.88. The lowest BCUT2D eigenvalue weighted by Gasteiger charge is -2.32. The summed E-state index contributed by atoms with van der Waals surface area (Å²) in [5, 5.41) is 15.6. The molecule has 2 aromatic rings. The zero-order valence-corrected chi connectivity index (χ0v) is 15.9. The van der Waals surface area contributed by atoms with Crippen LogP contribution in [0.2, 0.25) is 0 Å². The van der Waals surface area contributed by atoms with Crippen molar-refractivity contribution in [2.45, 2.75) is 33.2 Å². The highest BCUT2D eigenvalue weighted by atomic mass is 16.5. The monoisotopic (exact) mass is 371 g/mol. The molecule has 0 radical (unpaired) electrons. The van der Waals surface area contributed by atoms with E-state index in [0.29, 0.717) is 24.2 Å². The van der Waals surface area contributed by atoms with E-state index in [1.807, 2.05) is 26.0 Å². The molecule has 3 rings (SSSR count). The van der Waals surface area contributed by atoms with Gasteiger partial charge in [0.25, 0.3) is 0 Å². The topological polar surface area (TPSA) is 95.5 Å². The molecule has 0 amide bonds. The van der Waals surface area contributed by atoms with E-state index in [4.69, 9.17) is 4.74 Å². The summed E-state index contributed by atoms with van der Waals surface area (Å²) in [6.07, 6.45) is 3.30. The van der Waals surface area contributed by atoms with E-state index in [0.717, 1.165) is 36.3 Å². The summed E-state index contributed by atoms with van der Waals surface area (Å²) >= 11 is 0. The molecule has 1 aliphatic heterocycles. The number of benzene rings is 1. The van der Waals surface area contributed by atoms with Crippen LogP contribution in [0.3, 0.4) is 0 Å². The van der Waals surface area contributed by atoms with Crippen LogP contribution >= 0.6 is 0 Å². The summed E-state index contributed by atoms with van der Waals surface area (Å²) in [5.41, 5.74) is 3.39. The van der Waals surface area contributed by atoms with Gasteiger partial charge in [-0.3, -0.25) is 14.8 Å². The zero-order valence-electron chi connectivity index (χ0n) is 15.9. The molecule has 0 spiro atoms. The SMILES string of the molecule is COc1c(C)cc(C(=O)[C@H]2CCCN(Cc3cn[nH]c3C(=O)O)C2)cc1C. The molecule has 1 atom stereocenters. The molecule has 1 fully saturated rings. The number of nitrogens with one attached hydrogen (secondary N) is 1. The summed E-state index contributed by atoms with van der Waals surface area (Å²) in [6.45, 7) is 5.83. The van der Waals surface area contributed by atoms with Gasteiger partial charge in [-0.1, -0.05) is 0 Å². The molecule has 7 heteroatoms. The van der Waals surface area contributed by atoms with Crippen molar-refractivity contribution in [1.82, 2.24) is 15.1 Å². The van der Waals surface area contributed by atoms with Crippen LogP contribution < -0.4 is 4.74 Å². The van der Waals surface area contributed by atoms with Gasteiger partial charge in [0.05, 0.1) is 13.3 Å². The maximum absolute atomic E-state index is 13.0. The Morgan fingerprint density at radius 3 is 2.67 bits per heavy atom. The number of piperidine rings is 1. The van der Waals surface area contributed by atoms with E-state index in [1.54, 1.807) is 13.3 Å². The quantitative estimate of drug-likeness (QED) is 0.758. The molecule has 1 aromatic carbocycles. The fraction of sp³-hybridized carbons (Fsp3) is 0.450. The number of hydrogen-bond donors (Lipinski definition) is 2. The molecule has 144 valence electrons. The van der Waals surface area contributed by atoms with Crippen molar-refractivity contribution in [3.63, 3.8) is 0 Å². The number of aryl methyl sites for hydroxylation is 2. The number of ketones is 1. The van der Waals surface area contributed by atoms with Gasteiger partial charge in [0.15, 0.2) is 5.78 Å². The molecule has 2 N–H and O–H groups in total. The van der Waals surface area contributed by atoms with Crippen LogP contribution in [-0.4, -0.2) is 52.2 Å². The number of H-pyrrole nitrogens is 1. The van der Waals surface area contributed by atoms with Crippen molar-refractivity contribution in [2.75, 3.05) is 20.2 Å². The third-order valence-corrected chi connectivity index (χ3v) is 5.15. The van der Waals surface area contributed by atoms with E-state index in [2.05, 4.69) is 15.1 Å². The number of carboxylic acids is 1. The molecule has 2 heterocycles. The number of nitrogens with zero attached hydrogens (tertiary/aromatic N) is 2. The Hall–Kier alpha value is -2.67. The average Bonchev–Trinajstić information content (AvgIpc) is 3.09. The van der Waals surface area contributed by atoms with Crippen LogP contribution in [0.25, 0.3) is 0 Å². The highest BCUT2D eigenvalue weighted by Gasteiger charge is 2.28. The molecule has 1 aliphatic rings. The summed E-state index contributed by atoms with van der Waals surface area (Å²) in [7, 11) is 1.64. The van der Waals surface area contributed by atoms with Crippen LogP contribution in [0.4, 0.5) is 0 Å². The number of aromatic amines is 1. The first kappa shape index (κ1) is 19.1. The van der Waals surface area contributed by atoms with Crippen molar-refractivity contribution < 1.29 is 19.4 Å². The molecular formula is C20H25N3O4. The Labute approximate surface area is 158 Å². The lowest BCUT2D eigenvalue weighted by Crippen LogP contribution is -2.38. The van der Waals surface area contributed by atoms with Gasteiger partial charge in [-0.05, 0) is 56.5 Å². The van der Waals surface area contributed by atoms with E-state index >= 15 is 0 Å². The van der Waals surface area contributed by atoms with Crippen LogP contribution in [0.15, 0.2) is 18.3 Å². The summed E-state index contributed by atoms with van der Waals surface area (Å²) in [4.78, 5) is 26.4. The number of Topliss-reactive ketones (excluding diaryl/α,β-unsaturated/α-hetero) is 1. The predicted molar refractivity (Wildman–Crippen MR) is 100 cm³/mol. The van der Waals surface area contributed by atoms with Crippen molar-refractivity contribution >= 4 is 11.8 Å². The minimum atomic E-state index is -1.02. The third-order valence-electron chi connectivity index (χ3n) is 5.15. The van der Waals surface area contributed by atoms with Crippen LogP contribution in [0.5, 0.6) is 5.75 Å². The Morgan fingerprint density at radius 1 is 1.33 bits per heavy atom. The Morgan fingerprint density at radius 2 is 2.04 bits per heavy atom. The van der Waals surface area contributed by atoms with E-state index < -0.39 is 5.97 Å². The fourth-order valence-corrected chi connectivity index (χ4v) is 3.92. The number of hydrogen-bond acceptors (Lipinski definition) is 5. The first-order valence-corrected chi connectivity index (χ1v) is 9.08. The second-order valence-electron chi connectivity index (χ2n) is 7.16. The Balaban J connectivity index is 1.73. The second kappa shape index (κ2) is 7.92. The number of carbonyl (C=O) groups excluding carboxylic acids is 1. The zero-order chi connectivity index (χ0) is 19.6. The summed E-state index contributed by atoms with van der Waals surface area (Å²) < 4.78 is 5.39. The minimum Gasteiger partial charge on any atom is -0.496 e. The summed E-state index contributed by atoms with van der Waals surface area (Å²) in [5.74, 6) is -0.153. The molecule has 0 bridgehead atoms. The van der Waals surface area contributed by atoms with Crippen LogP contribution in [0.1, 0.15) is 50.4 Å². The second-order valence-corrected chi connectivity index (χ2v) is 7.16. The Bertz CT molecular complexity index is 836. The van der Waals surface area contributed by atoms with Crippen molar-refractivity contribution in [3.05, 3.63) is 46.3 Å². The maximum Gasteiger partial charge on any atom is 0.354 e. The number of carbonyl (C=O) groups is 2. The van der Waals surface area contributed by atoms with Crippen LogP contribution in [-0.2, 0) is 6.54 Å².